The van der Waals surface area contributed by atoms with Crippen molar-refractivity contribution in [2.75, 3.05) is 0 Å². The lowest BCUT2D eigenvalue weighted by Crippen LogP contribution is -2.08. The molecule has 12 rings (SSSR count). The molecule has 0 aliphatic rings. The van der Waals surface area contributed by atoms with E-state index in [1.165, 1.54) is 10.8 Å². The zero-order valence-electron chi connectivity index (χ0n) is 30.5. The second kappa shape index (κ2) is 12.3. The molecule has 0 spiro atoms. The normalized spacial score (nSPS) is 11.9. The topological polar surface area (TPSA) is 61.7 Å². The lowest BCUT2D eigenvalue weighted by atomic mass is 10.0. The van der Waals surface area contributed by atoms with Crippen LogP contribution >= 0.6 is 0 Å². The smallest absolute Gasteiger partial charge is 0.238 e. The van der Waals surface area contributed by atoms with Gasteiger partial charge in [-0.3, -0.25) is 4.57 Å². The zero-order valence-corrected chi connectivity index (χ0v) is 30.5. The molecule has 4 heterocycles. The predicted molar refractivity (Wildman–Crippen MR) is 232 cm³/mol. The van der Waals surface area contributed by atoms with E-state index in [1.807, 2.05) is 36.4 Å². The van der Waals surface area contributed by atoms with E-state index in [9.17, 15) is 0 Å². The fraction of sp³-hybridized carbons (Fsp3) is 0. The third-order valence-electron chi connectivity index (χ3n) is 11.2. The van der Waals surface area contributed by atoms with Crippen molar-refractivity contribution < 1.29 is 4.42 Å². The van der Waals surface area contributed by atoms with E-state index in [1.54, 1.807) is 0 Å². The second-order valence-corrected chi connectivity index (χ2v) is 14.4. The molecule has 0 atom stereocenters. The molecular formula is C51H31N5O. The van der Waals surface area contributed by atoms with Crippen molar-refractivity contribution in [2.24, 2.45) is 0 Å². The average molecular weight is 730 g/mol. The first-order valence-electron chi connectivity index (χ1n) is 19.1. The van der Waals surface area contributed by atoms with E-state index in [-0.39, 0.29) is 0 Å². The number of nitrogens with zero attached hydrogens (tertiary/aromatic N) is 5. The minimum atomic E-state index is 0.542. The number of furan rings is 1. The van der Waals surface area contributed by atoms with E-state index in [0.717, 1.165) is 82.7 Å². The molecule has 8 aromatic carbocycles. The van der Waals surface area contributed by atoms with Crippen molar-refractivity contribution in [2.45, 2.75) is 0 Å². The van der Waals surface area contributed by atoms with Gasteiger partial charge in [0.15, 0.2) is 11.6 Å². The van der Waals surface area contributed by atoms with E-state index >= 15 is 0 Å². The largest absolute Gasteiger partial charge is 0.456 e. The highest BCUT2D eigenvalue weighted by Crippen LogP contribution is 2.39. The summed E-state index contributed by atoms with van der Waals surface area (Å²) in [6.07, 6.45) is 0. The highest BCUT2D eigenvalue weighted by Gasteiger charge is 2.22. The van der Waals surface area contributed by atoms with Gasteiger partial charge in [-0.15, -0.1) is 0 Å². The van der Waals surface area contributed by atoms with Gasteiger partial charge in [-0.2, -0.15) is 9.97 Å². The van der Waals surface area contributed by atoms with Crippen LogP contribution in [-0.4, -0.2) is 24.1 Å². The van der Waals surface area contributed by atoms with Gasteiger partial charge in [0.1, 0.15) is 11.2 Å². The Morgan fingerprint density at radius 2 is 0.895 bits per heavy atom. The number of aromatic nitrogens is 5. The van der Waals surface area contributed by atoms with Gasteiger partial charge in [0, 0.05) is 43.4 Å². The maximum Gasteiger partial charge on any atom is 0.238 e. The van der Waals surface area contributed by atoms with Gasteiger partial charge in [-0.1, -0.05) is 127 Å². The van der Waals surface area contributed by atoms with Gasteiger partial charge in [-0.25, -0.2) is 4.98 Å². The van der Waals surface area contributed by atoms with Crippen molar-refractivity contribution >= 4 is 65.6 Å². The molecule has 0 N–H and O–H groups in total. The molecule has 0 unspecified atom stereocenters. The fourth-order valence-corrected chi connectivity index (χ4v) is 8.62. The van der Waals surface area contributed by atoms with Crippen LogP contribution in [0.4, 0.5) is 0 Å². The van der Waals surface area contributed by atoms with Crippen LogP contribution in [0, 0.1) is 0 Å². The molecule has 6 nitrogen and oxygen atoms in total. The van der Waals surface area contributed by atoms with Crippen LogP contribution < -0.4 is 0 Å². The van der Waals surface area contributed by atoms with Crippen molar-refractivity contribution in [3.63, 3.8) is 0 Å². The van der Waals surface area contributed by atoms with Crippen molar-refractivity contribution in [1.82, 2.24) is 24.1 Å². The molecule has 12 aromatic rings. The summed E-state index contributed by atoms with van der Waals surface area (Å²) in [6, 6.07) is 65.6. The first kappa shape index (κ1) is 31.5. The minimum absolute atomic E-state index is 0.542. The summed E-state index contributed by atoms with van der Waals surface area (Å²) in [6.45, 7) is 0. The number of para-hydroxylation sites is 5. The molecule has 0 radical (unpaired) electrons. The highest BCUT2D eigenvalue weighted by molar-refractivity contribution is 6.11. The van der Waals surface area contributed by atoms with Crippen LogP contribution in [0.1, 0.15) is 0 Å². The molecule has 0 aliphatic heterocycles. The SMILES string of the molecule is c1ccc(-c2ccc3c4ccccc4n(-c4nc(-c5ccc6oc7ccccc7c6c5)nc(-c5ccccc5-n5c6ccccc6c6ccccc65)n4)c3c2)cc1. The van der Waals surface area contributed by atoms with Gasteiger partial charge in [0.25, 0.3) is 0 Å². The standard InChI is InChI=1S/C51H31N5O/c1-2-14-32(15-3-1)33-26-28-38-37-18-6-11-23-44(37)56(46(38)31-33)51-53-49(34-27-29-48-41(30-34)39-19-8-13-25-47(39)57-48)52-50(54-51)40-20-7-12-24-45(40)55-42-21-9-4-16-35(42)36-17-5-10-22-43(36)55/h1-31H. The first-order chi connectivity index (χ1) is 28.3. The lowest BCUT2D eigenvalue weighted by molar-refractivity contribution is 0.669. The maximum absolute atomic E-state index is 6.23. The zero-order chi connectivity index (χ0) is 37.5. The molecule has 0 saturated carbocycles. The highest BCUT2D eigenvalue weighted by atomic mass is 16.3. The third-order valence-corrected chi connectivity index (χ3v) is 11.2. The molecule has 0 amide bonds. The van der Waals surface area contributed by atoms with Gasteiger partial charge in [0.2, 0.25) is 5.95 Å². The van der Waals surface area contributed by atoms with Gasteiger partial charge < -0.3 is 8.98 Å². The summed E-state index contributed by atoms with van der Waals surface area (Å²) in [4.78, 5) is 16.1. The van der Waals surface area contributed by atoms with Crippen molar-refractivity contribution in [3.05, 3.63) is 188 Å². The predicted octanol–water partition coefficient (Wildman–Crippen LogP) is 13.0. The summed E-state index contributed by atoms with van der Waals surface area (Å²) in [5, 5.41) is 6.72. The second-order valence-electron chi connectivity index (χ2n) is 14.4. The molecule has 0 aliphatic carbocycles. The Labute approximate surface area is 326 Å². The van der Waals surface area contributed by atoms with Gasteiger partial charge in [0.05, 0.1) is 27.8 Å². The molecular weight excluding hydrogens is 699 g/mol. The number of benzene rings is 8. The summed E-state index contributed by atoms with van der Waals surface area (Å²) < 4.78 is 10.8. The monoisotopic (exact) mass is 729 g/mol. The van der Waals surface area contributed by atoms with Gasteiger partial charge >= 0.3 is 0 Å². The summed E-state index contributed by atoms with van der Waals surface area (Å²) in [7, 11) is 0. The van der Waals surface area contributed by atoms with E-state index < -0.39 is 0 Å². The molecule has 0 bridgehead atoms. The molecule has 266 valence electrons. The summed E-state index contributed by atoms with van der Waals surface area (Å²) in [5.41, 5.74) is 11.0. The molecule has 0 fully saturated rings. The van der Waals surface area contributed by atoms with E-state index in [4.69, 9.17) is 19.4 Å². The number of rotatable bonds is 5. The summed E-state index contributed by atoms with van der Waals surface area (Å²) >= 11 is 0. The van der Waals surface area contributed by atoms with Crippen LogP contribution in [0.2, 0.25) is 0 Å². The Bertz CT molecular complexity index is 3490. The molecule has 6 heteroatoms. The lowest BCUT2D eigenvalue weighted by Gasteiger charge is -2.15. The van der Waals surface area contributed by atoms with Gasteiger partial charge in [-0.05, 0) is 71.8 Å². The number of hydrogen-bond acceptors (Lipinski definition) is 4. The Morgan fingerprint density at radius 3 is 1.65 bits per heavy atom. The van der Waals surface area contributed by atoms with E-state index in [0.29, 0.717) is 17.6 Å². The maximum atomic E-state index is 6.23. The van der Waals surface area contributed by atoms with E-state index in [2.05, 4.69) is 161 Å². The summed E-state index contributed by atoms with van der Waals surface area (Å²) in [5.74, 6) is 1.69. The number of hydrogen-bond donors (Lipinski definition) is 0. The Balaban J connectivity index is 1.16. The van der Waals surface area contributed by atoms with Crippen LogP contribution in [-0.2, 0) is 0 Å². The van der Waals surface area contributed by atoms with Crippen molar-refractivity contribution in [1.29, 1.82) is 0 Å². The fourth-order valence-electron chi connectivity index (χ4n) is 8.62. The Morgan fingerprint density at radius 1 is 0.333 bits per heavy atom. The van der Waals surface area contributed by atoms with Crippen molar-refractivity contribution in [3.8, 4) is 45.5 Å². The Kier molecular flexibility index (Phi) is 6.83. The number of fused-ring (bicyclic) bond motifs is 9. The molecule has 0 saturated heterocycles. The molecule has 57 heavy (non-hydrogen) atoms. The first-order valence-corrected chi connectivity index (χ1v) is 19.1. The Hall–Kier alpha value is -7.83. The average Bonchev–Trinajstić information content (AvgIpc) is 3.94. The third kappa shape index (κ3) is 4.87. The quantitative estimate of drug-likeness (QED) is 0.177. The molecule has 4 aromatic heterocycles. The van der Waals surface area contributed by atoms with Crippen LogP contribution in [0.25, 0.3) is 111 Å². The van der Waals surface area contributed by atoms with Crippen LogP contribution in [0.15, 0.2) is 192 Å². The van der Waals surface area contributed by atoms with Crippen LogP contribution in [0.5, 0.6) is 0 Å². The minimum Gasteiger partial charge on any atom is -0.456 e. The van der Waals surface area contributed by atoms with Crippen LogP contribution in [0.3, 0.4) is 0 Å².